The lowest BCUT2D eigenvalue weighted by Gasteiger charge is -2.26. The average molecular weight is 176 g/mol. The van der Waals surface area contributed by atoms with Gasteiger partial charge in [0.05, 0.1) is 12.2 Å². The molecule has 0 aliphatic rings. The topological polar surface area (TPSA) is 60.7 Å². The van der Waals surface area contributed by atoms with Gasteiger partial charge >= 0.3 is 0 Å². The van der Waals surface area contributed by atoms with Crippen LogP contribution in [0.25, 0.3) is 0 Å². The number of aliphatic hydroxyl groups excluding tert-OH is 3. The van der Waals surface area contributed by atoms with Crippen molar-refractivity contribution in [2.24, 2.45) is 11.8 Å². The van der Waals surface area contributed by atoms with Crippen LogP contribution in [0.5, 0.6) is 0 Å². The molecule has 0 amide bonds. The summed E-state index contributed by atoms with van der Waals surface area (Å²) in [5.41, 5.74) is 0. The second-order valence-corrected chi connectivity index (χ2v) is 3.53. The Kier molecular flexibility index (Phi) is 5.46. The maximum absolute atomic E-state index is 9.53. The quantitative estimate of drug-likeness (QED) is 0.567. The maximum atomic E-state index is 9.53. The summed E-state index contributed by atoms with van der Waals surface area (Å²) in [5, 5.41) is 27.7. The SMILES string of the molecule is CCC(C)C(O)C(O)C(C)CO. The summed E-state index contributed by atoms with van der Waals surface area (Å²) in [4.78, 5) is 0. The second kappa shape index (κ2) is 5.51. The van der Waals surface area contributed by atoms with Gasteiger partial charge in [-0.15, -0.1) is 0 Å². The molecule has 0 fully saturated rings. The Morgan fingerprint density at radius 2 is 1.42 bits per heavy atom. The average Bonchev–Trinajstić information content (AvgIpc) is 2.12. The minimum absolute atomic E-state index is 0.0778. The van der Waals surface area contributed by atoms with Gasteiger partial charge in [-0.3, -0.25) is 0 Å². The molecule has 0 aromatic rings. The second-order valence-electron chi connectivity index (χ2n) is 3.53. The van der Waals surface area contributed by atoms with E-state index in [0.717, 1.165) is 6.42 Å². The number of rotatable bonds is 5. The van der Waals surface area contributed by atoms with Crippen LogP contribution in [0.15, 0.2) is 0 Å². The van der Waals surface area contributed by atoms with E-state index in [-0.39, 0.29) is 18.4 Å². The van der Waals surface area contributed by atoms with Crippen molar-refractivity contribution in [1.82, 2.24) is 0 Å². The van der Waals surface area contributed by atoms with Gasteiger partial charge in [-0.25, -0.2) is 0 Å². The van der Waals surface area contributed by atoms with Crippen molar-refractivity contribution in [2.45, 2.75) is 39.4 Å². The Balaban J connectivity index is 3.99. The zero-order valence-corrected chi connectivity index (χ0v) is 8.07. The van der Waals surface area contributed by atoms with E-state index in [1.165, 1.54) is 0 Å². The van der Waals surface area contributed by atoms with Crippen molar-refractivity contribution in [1.29, 1.82) is 0 Å². The van der Waals surface area contributed by atoms with Crippen LogP contribution in [0.3, 0.4) is 0 Å². The number of aliphatic hydroxyl groups is 3. The summed E-state index contributed by atoms with van der Waals surface area (Å²) < 4.78 is 0. The summed E-state index contributed by atoms with van der Waals surface area (Å²) in [6.45, 7) is 5.48. The van der Waals surface area contributed by atoms with E-state index >= 15 is 0 Å². The molecule has 0 radical (unpaired) electrons. The zero-order chi connectivity index (χ0) is 9.72. The molecule has 74 valence electrons. The molecular formula is C9H20O3. The Morgan fingerprint density at radius 1 is 1.00 bits per heavy atom. The summed E-state index contributed by atoms with van der Waals surface area (Å²) in [6, 6.07) is 0. The fourth-order valence-electron chi connectivity index (χ4n) is 1.02. The molecule has 0 spiro atoms. The molecule has 0 aliphatic heterocycles. The van der Waals surface area contributed by atoms with E-state index in [0.29, 0.717) is 0 Å². The van der Waals surface area contributed by atoms with Gasteiger partial charge in [0.25, 0.3) is 0 Å². The summed E-state index contributed by atoms with van der Waals surface area (Å²) in [5.74, 6) is -0.178. The van der Waals surface area contributed by atoms with E-state index in [1.807, 2.05) is 13.8 Å². The molecule has 3 heteroatoms. The first-order valence-corrected chi connectivity index (χ1v) is 4.51. The van der Waals surface area contributed by atoms with Crippen molar-refractivity contribution in [3.05, 3.63) is 0 Å². The van der Waals surface area contributed by atoms with Gasteiger partial charge in [0, 0.05) is 12.5 Å². The molecule has 0 aromatic heterocycles. The molecule has 0 heterocycles. The lowest BCUT2D eigenvalue weighted by atomic mass is 9.91. The molecular weight excluding hydrogens is 156 g/mol. The molecule has 0 saturated heterocycles. The first-order valence-electron chi connectivity index (χ1n) is 4.51. The molecule has 4 unspecified atom stereocenters. The van der Waals surface area contributed by atoms with Crippen LogP contribution in [0.1, 0.15) is 27.2 Å². The van der Waals surface area contributed by atoms with Crippen LogP contribution in [-0.2, 0) is 0 Å². The molecule has 4 atom stereocenters. The monoisotopic (exact) mass is 176 g/mol. The van der Waals surface area contributed by atoms with E-state index in [4.69, 9.17) is 5.11 Å². The Bertz CT molecular complexity index is 102. The van der Waals surface area contributed by atoms with Crippen LogP contribution in [-0.4, -0.2) is 34.1 Å². The van der Waals surface area contributed by atoms with Crippen LogP contribution >= 0.6 is 0 Å². The van der Waals surface area contributed by atoms with Crippen molar-refractivity contribution in [2.75, 3.05) is 6.61 Å². The normalized spacial score (nSPS) is 21.5. The predicted octanol–water partition coefficient (Wildman–Crippen LogP) is 0.383. The molecule has 3 nitrogen and oxygen atoms in total. The van der Waals surface area contributed by atoms with Gasteiger partial charge in [0.1, 0.15) is 0 Å². The molecule has 3 N–H and O–H groups in total. The van der Waals surface area contributed by atoms with E-state index in [2.05, 4.69) is 0 Å². The molecule has 0 rings (SSSR count). The standard InChI is InChI=1S/C9H20O3/c1-4-6(2)8(11)9(12)7(3)5-10/h6-12H,4-5H2,1-3H3. The fraction of sp³-hybridized carbons (Fsp3) is 1.00. The largest absolute Gasteiger partial charge is 0.396 e. The lowest BCUT2D eigenvalue weighted by Crippen LogP contribution is -2.37. The van der Waals surface area contributed by atoms with Crippen molar-refractivity contribution >= 4 is 0 Å². The Labute approximate surface area is 74.0 Å². The maximum Gasteiger partial charge on any atom is 0.0849 e. The first kappa shape index (κ1) is 11.9. The molecule has 0 bridgehead atoms. The third kappa shape index (κ3) is 3.09. The minimum Gasteiger partial charge on any atom is -0.396 e. The van der Waals surface area contributed by atoms with E-state index < -0.39 is 12.2 Å². The zero-order valence-electron chi connectivity index (χ0n) is 8.07. The van der Waals surface area contributed by atoms with Gasteiger partial charge in [-0.1, -0.05) is 27.2 Å². The molecule has 0 saturated carbocycles. The van der Waals surface area contributed by atoms with Crippen molar-refractivity contribution in [3.63, 3.8) is 0 Å². The van der Waals surface area contributed by atoms with Crippen LogP contribution in [0.4, 0.5) is 0 Å². The Hall–Kier alpha value is -0.120. The predicted molar refractivity (Wildman–Crippen MR) is 47.7 cm³/mol. The summed E-state index contributed by atoms with van der Waals surface area (Å²) >= 11 is 0. The van der Waals surface area contributed by atoms with Crippen molar-refractivity contribution in [3.8, 4) is 0 Å². The number of hydrogen-bond donors (Lipinski definition) is 3. The smallest absolute Gasteiger partial charge is 0.0849 e. The number of hydrogen-bond acceptors (Lipinski definition) is 3. The highest BCUT2D eigenvalue weighted by atomic mass is 16.3. The lowest BCUT2D eigenvalue weighted by molar-refractivity contribution is -0.0514. The molecule has 12 heavy (non-hydrogen) atoms. The van der Waals surface area contributed by atoms with Gasteiger partial charge < -0.3 is 15.3 Å². The van der Waals surface area contributed by atoms with Gasteiger partial charge in [0.2, 0.25) is 0 Å². The third-order valence-electron chi connectivity index (χ3n) is 2.45. The Morgan fingerprint density at radius 3 is 1.75 bits per heavy atom. The van der Waals surface area contributed by atoms with Gasteiger partial charge in [-0.2, -0.15) is 0 Å². The fourth-order valence-corrected chi connectivity index (χ4v) is 1.02. The third-order valence-corrected chi connectivity index (χ3v) is 2.45. The highest BCUT2D eigenvalue weighted by molar-refractivity contribution is 4.76. The van der Waals surface area contributed by atoms with Crippen LogP contribution in [0.2, 0.25) is 0 Å². The van der Waals surface area contributed by atoms with Crippen LogP contribution in [0, 0.1) is 11.8 Å². The highest BCUT2D eigenvalue weighted by Crippen LogP contribution is 2.16. The van der Waals surface area contributed by atoms with E-state index in [9.17, 15) is 10.2 Å². The molecule has 0 aromatic carbocycles. The van der Waals surface area contributed by atoms with E-state index in [1.54, 1.807) is 6.92 Å². The summed E-state index contributed by atoms with van der Waals surface area (Å²) in [6.07, 6.45) is -0.710. The van der Waals surface area contributed by atoms with Crippen LogP contribution < -0.4 is 0 Å². The minimum atomic E-state index is -0.815. The molecule has 0 aliphatic carbocycles. The summed E-state index contributed by atoms with van der Waals surface area (Å²) in [7, 11) is 0. The van der Waals surface area contributed by atoms with Gasteiger partial charge in [0.15, 0.2) is 0 Å². The van der Waals surface area contributed by atoms with Gasteiger partial charge in [-0.05, 0) is 5.92 Å². The van der Waals surface area contributed by atoms with Crippen molar-refractivity contribution < 1.29 is 15.3 Å². The highest BCUT2D eigenvalue weighted by Gasteiger charge is 2.25. The first-order chi connectivity index (χ1) is 5.54.